The van der Waals surface area contributed by atoms with E-state index in [0.29, 0.717) is 6.54 Å². The summed E-state index contributed by atoms with van der Waals surface area (Å²) < 4.78 is 4.93. The molecule has 0 spiro atoms. The first-order chi connectivity index (χ1) is 8.22. The van der Waals surface area contributed by atoms with Gasteiger partial charge in [-0.25, -0.2) is 0 Å². The van der Waals surface area contributed by atoms with Gasteiger partial charge in [-0.05, 0) is 6.42 Å². The molecule has 0 aromatic carbocycles. The van der Waals surface area contributed by atoms with Gasteiger partial charge in [-0.2, -0.15) is 0 Å². The highest BCUT2D eigenvalue weighted by molar-refractivity contribution is 6.35. The number of hydrogen-bond acceptors (Lipinski definition) is 4. The summed E-state index contributed by atoms with van der Waals surface area (Å²) in [4.78, 5) is 22.4. The molecule has 0 aliphatic carbocycles. The highest BCUT2D eigenvalue weighted by Gasteiger charge is 2.11. The molecule has 0 atom stereocenters. The molecule has 0 saturated carbocycles. The Kier molecular flexibility index (Phi) is 10.6. The van der Waals surface area contributed by atoms with Crippen molar-refractivity contribution >= 4 is 11.8 Å². The lowest BCUT2D eigenvalue weighted by atomic mass is 10.2. The molecule has 0 aliphatic heterocycles. The highest BCUT2D eigenvalue weighted by Crippen LogP contribution is 1.90. The molecule has 0 aromatic rings. The van der Waals surface area contributed by atoms with Crippen molar-refractivity contribution in [3.05, 3.63) is 0 Å². The van der Waals surface area contributed by atoms with Gasteiger partial charge < -0.3 is 20.5 Å². The van der Waals surface area contributed by atoms with Crippen LogP contribution in [0.15, 0.2) is 0 Å². The Labute approximate surface area is 102 Å². The molecule has 0 saturated heterocycles. The second kappa shape index (κ2) is 11.3. The number of carbonyl (C=O) groups excluding carboxylic acids is 2. The Morgan fingerprint density at radius 3 is 2.29 bits per heavy atom. The van der Waals surface area contributed by atoms with Crippen molar-refractivity contribution in [3.8, 4) is 0 Å². The number of aliphatic hydroxyl groups excluding tert-OH is 1. The van der Waals surface area contributed by atoms with Crippen LogP contribution in [0.1, 0.15) is 26.2 Å². The third-order valence-corrected chi connectivity index (χ3v) is 2.04. The first-order valence-electron chi connectivity index (χ1n) is 5.97. The van der Waals surface area contributed by atoms with Crippen molar-refractivity contribution in [1.82, 2.24) is 10.6 Å². The van der Waals surface area contributed by atoms with E-state index in [1.807, 2.05) is 0 Å². The van der Waals surface area contributed by atoms with Crippen LogP contribution in [0.3, 0.4) is 0 Å². The molecule has 0 bridgehead atoms. The maximum atomic E-state index is 11.2. The molecule has 0 unspecified atom stereocenters. The van der Waals surface area contributed by atoms with Crippen LogP contribution < -0.4 is 10.6 Å². The first kappa shape index (κ1) is 15.9. The Morgan fingerprint density at radius 2 is 1.71 bits per heavy atom. The largest absolute Gasteiger partial charge is 0.394 e. The van der Waals surface area contributed by atoms with E-state index in [0.717, 1.165) is 19.3 Å². The topological polar surface area (TPSA) is 87.7 Å². The minimum Gasteiger partial charge on any atom is -0.394 e. The van der Waals surface area contributed by atoms with E-state index >= 15 is 0 Å². The van der Waals surface area contributed by atoms with Crippen molar-refractivity contribution in [3.63, 3.8) is 0 Å². The van der Waals surface area contributed by atoms with Crippen LogP contribution in [-0.4, -0.2) is 49.8 Å². The Morgan fingerprint density at radius 1 is 1.06 bits per heavy atom. The summed E-state index contributed by atoms with van der Waals surface area (Å²) in [6.45, 7) is 3.34. The second-order valence-corrected chi connectivity index (χ2v) is 3.55. The normalized spacial score (nSPS) is 10.0. The summed E-state index contributed by atoms with van der Waals surface area (Å²) in [6.07, 6.45) is 3.00. The Bertz CT molecular complexity index is 222. The summed E-state index contributed by atoms with van der Waals surface area (Å²) in [7, 11) is 0. The number of hydrogen-bond donors (Lipinski definition) is 3. The minimum atomic E-state index is -0.644. The molecule has 0 rings (SSSR count). The Balaban J connectivity index is 3.44. The molecular formula is C11H22N2O4. The van der Waals surface area contributed by atoms with Gasteiger partial charge in [0.05, 0.1) is 19.8 Å². The van der Waals surface area contributed by atoms with Gasteiger partial charge in [0.2, 0.25) is 0 Å². The lowest BCUT2D eigenvalue weighted by molar-refractivity contribution is -0.139. The summed E-state index contributed by atoms with van der Waals surface area (Å²) in [6, 6.07) is 0. The third kappa shape index (κ3) is 9.77. The van der Waals surface area contributed by atoms with Gasteiger partial charge in [0, 0.05) is 13.1 Å². The van der Waals surface area contributed by atoms with Crippen molar-refractivity contribution in [2.75, 3.05) is 32.9 Å². The van der Waals surface area contributed by atoms with Crippen LogP contribution in [0.5, 0.6) is 0 Å². The fourth-order valence-electron chi connectivity index (χ4n) is 1.14. The fraction of sp³-hybridized carbons (Fsp3) is 0.818. The Hall–Kier alpha value is -1.14. The third-order valence-electron chi connectivity index (χ3n) is 2.04. The van der Waals surface area contributed by atoms with Crippen LogP contribution in [0.4, 0.5) is 0 Å². The summed E-state index contributed by atoms with van der Waals surface area (Å²) in [5, 5.41) is 13.4. The quantitative estimate of drug-likeness (QED) is 0.375. The predicted octanol–water partition coefficient (Wildman–Crippen LogP) is -0.582. The zero-order chi connectivity index (χ0) is 12.9. The van der Waals surface area contributed by atoms with Gasteiger partial charge in [0.25, 0.3) is 0 Å². The standard InChI is InChI=1S/C11H22N2O4/c1-2-3-4-5-12-10(15)11(16)13-6-8-17-9-7-14/h14H,2-9H2,1H3,(H,12,15)(H,13,16). The van der Waals surface area contributed by atoms with Crippen molar-refractivity contribution in [1.29, 1.82) is 0 Å². The van der Waals surface area contributed by atoms with E-state index in [1.165, 1.54) is 0 Å². The number of ether oxygens (including phenoxy) is 1. The van der Waals surface area contributed by atoms with Crippen molar-refractivity contribution in [2.24, 2.45) is 0 Å². The number of unbranched alkanes of at least 4 members (excludes halogenated alkanes) is 2. The van der Waals surface area contributed by atoms with Crippen molar-refractivity contribution < 1.29 is 19.4 Å². The molecule has 6 heteroatoms. The van der Waals surface area contributed by atoms with Crippen LogP contribution in [-0.2, 0) is 14.3 Å². The zero-order valence-corrected chi connectivity index (χ0v) is 10.3. The number of carbonyl (C=O) groups is 2. The highest BCUT2D eigenvalue weighted by atomic mass is 16.5. The minimum absolute atomic E-state index is 0.0497. The molecule has 2 amide bonds. The predicted molar refractivity (Wildman–Crippen MR) is 63.4 cm³/mol. The summed E-state index contributed by atoms with van der Waals surface area (Å²) in [5.41, 5.74) is 0. The SMILES string of the molecule is CCCCCNC(=O)C(=O)NCCOCCO. The second-order valence-electron chi connectivity index (χ2n) is 3.55. The van der Waals surface area contributed by atoms with Gasteiger partial charge in [-0.3, -0.25) is 9.59 Å². The lowest BCUT2D eigenvalue weighted by Crippen LogP contribution is -2.41. The van der Waals surface area contributed by atoms with Gasteiger partial charge in [0.1, 0.15) is 0 Å². The smallest absolute Gasteiger partial charge is 0.309 e. The molecule has 0 fully saturated rings. The fourth-order valence-corrected chi connectivity index (χ4v) is 1.14. The number of aliphatic hydroxyl groups is 1. The van der Waals surface area contributed by atoms with Crippen molar-refractivity contribution in [2.45, 2.75) is 26.2 Å². The number of rotatable bonds is 9. The van der Waals surface area contributed by atoms with Gasteiger partial charge in [-0.1, -0.05) is 19.8 Å². The maximum Gasteiger partial charge on any atom is 0.309 e. The van der Waals surface area contributed by atoms with Gasteiger partial charge >= 0.3 is 11.8 Å². The number of amides is 2. The van der Waals surface area contributed by atoms with E-state index in [2.05, 4.69) is 17.6 Å². The first-order valence-corrected chi connectivity index (χ1v) is 5.97. The van der Waals surface area contributed by atoms with Crippen LogP contribution >= 0.6 is 0 Å². The average molecular weight is 246 g/mol. The van der Waals surface area contributed by atoms with E-state index in [-0.39, 0.29) is 26.4 Å². The van der Waals surface area contributed by atoms with Gasteiger partial charge in [-0.15, -0.1) is 0 Å². The molecule has 0 radical (unpaired) electrons. The van der Waals surface area contributed by atoms with Crippen LogP contribution in [0.25, 0.3) is 0 Å². The number of nitrogens with one attached hydrogen (secondary N) is 2. The van der Waals surface area contributed by atoms with Crippen LogP contribution in [0, 0.1) is 0 Å². The van der Waals surface area contributed by atoms with Crippen LogP contribution in [0.2, 0.25) is 0 Å². The molecule has 100 valence electrons. The van der Waals surface area contributed by atoms with Gasteiger partial charge in [0.15, 0.2) is 0 Å². The van der Waals surface area contributed by atoms with E-state index in [4.69, 9.17) is 9.84 Å². The average Bonchev–Trinajstić information content (AvgIpc) is 2.34. The molecule has 6 nitrogen and oxygen atoms in total. The summed E-state index contributed by atoms with van der Waals surface area (Å²) in [5.74, 6) is -1.25. The molecule has 3 N–H and O–H groups in total. The molecule has 0 aromatic heterocycles. The summed E-state index contributed by atoms with van der Waals surface area (Å²) >= 11 is 0. The van der Waals surface area contributed by atoms with E-state index < -0.39 is 11.8 Å². The van der Waals surface area contributed by atoms with E-state index in [1.54, 1.807) is 0 Å². The molecule has 17 heavy (non-hydrogen) atoms. The maximum absolute atomic E-state index is 11.2. The monoisotopic (exact) mass is 246 g/mol. The zero-order valence-electron chi connectivity index (χ0n) is 10.3. The molecular weight excluding hydrogens is 224 g/mol. The molecule has 0 heterocycles. The molecule has 0 aliphatic rings. The van der Waals surface area contributed by atoms with E-state index in [9.17, 15) is 9.59 Å². The lowest BCUT2D eigenvalue weighted by Gasteiger charge is -2.06.